The van der Waals surface area contributed by atoms with Crippen LogP contribution in [0.25, 0.3) is 11.8 Å². The van der Waals surface area contributed by atoms with Gasteiger partial charge in [-0.25, -0.2) is 9.79 Å². The molecule has 0 fully saturated rings. The van der Waals surface area contributed by atoms with Crippen molar-refractivity contribution in [1.29, 1.82) is 0 Å². The molecule has 4 rings (SSSR count). The second-order valence-electron chi connectivity index (χ2n) is 8.17. The summed E-state index contributed by atoms with van der Waals surface area (Å²) in [5.41, 5.74) is 6.04. The molecule has 0 amide bonds. The highest BCUT2D eigenvalue weighted by atomic mass is 32.2. The normalized spacial score (nSPS) is 15.8. The van der Waals surface area contributed by atoms with Crippen LogP contribution in [-0.2, 0) is 9.53 Å². The standard InChI is InChI=1S/C28H28N2O4S/c1-6-34-28(32)25-26(31)24(35-27(25)29-21-10-12-23(33-5)13-11-21)16-20-15-18(3)30(19(20)4)22-9-7-8-17(2)14-22/h7-16,31H,6H2,1-5H3/b24-16+,29-27?. The van der Waals surface area contributed by atoms with E-state index in [9.17, 15) is 9.90 Å². The summed E-state index contributed by atoms with van der Waals surface area (Å²) in [5.74, 6) is -0.0129. The summed E-state index contributed by atoms with van der Waals surface area (Å²) in [7, 11) is 1.60. The number of carbonyl (C=O) groups is 1. The summed E-state index contributed by atoms with van der Waals surface area (Å²) in [5, 5.41) is 11.4. The van der Waals surface area contributed by atoms with Crippen LogP contribution in [0, 0.1) is 20.8 Å². The summed E-state index contributed by atoms with van der Waals surface area (Å²) >= 11 is 1.25. The fraction of sp³-hybridized carbons (Fsp3) is 0.214. The fourth-order valence-electron chi connectivity index (χ4n) is 4.01. The molecule has 3 aromatic rings. The third kappa shape index (κ3) is 5.05. The van der Waals surface area contributed by atoms with E-state index in [0.29, 0.717) is 21.4 Å². The quantitative estimate of drug-likeness (QED) is 0.396. The highest BCUT2D eigenvalue weighted by molar-refractivity contribution is 8.18. The van der Waals surface area contributed by atoms with Crippen LogP contribution < -0.4 is 4.74 Å². The van der Waals surface area contributed by atoms with Gasteiger partial charge in [0.05, 0.1) is 24.3 Å². The van der Waals surface area contributed by atoms with Gasteiger partial charge < -0.3 is 19.1 Å². The Morgan fingerprint density at radius 3 is 2.51 bits per heavy atom. The van der Waals surface area contributed by atoms with Gasteiger partial charge in [0, 0.05) is 17.1 Å². The Labute approximate surface area is 209 Å². The zero-order valence-electron chi connectivity index (χ0n) is 20.5. The molecule has 1 N–H and O–H groups in total. The molecule has 0 saturated heterocycles. The predicted octanol–water partition coefficient (Wildman–Crippen LogP) is 6.60. The van der Waals surface area contributed by atoms with Crippen LogP contribution in [-0.4, -0.2) is 34.4 Å². The first-order valence-corrected chi connectivity index (χ1v) is 12.1. The Bertz CT molecular complexity index is 1360. The number of esters is 1. The number of aliphatic imine (C=N–C) groups is 1. The first-order chi connectivity index (χ1) is 16.8. The lowest BCUT2D eigenvalue weighted by Gasteiger charge is -2.10. The molecule has 0 radical (unpaired) electrons. The molecule has 0 atom stereocenters. The molecule has 0 bridgehead atoms. The van der Waals surface area contributed by atoms with Gasteiger partial charge in [-0.05, 0) is 87.4 Å². The highest BCUT2D eigenvalue weighted by Crippen LogP contribution is 2.41. The third-order valence-corrected chi connectivity index (χ3v) is 6.71. The van der Waals surface area contributed by atoms with E-state index in [1.807, 2.05) is 19.1 Å². The number of hydrogen-bond donors (Lipinski definition) is 1. The average Bonchev–Trinajstić information content (AvgIpc) is 3.29. The van der Waals surface area contributed by atoms with Crippen LogP contribution in [0.3, 0.4) is 0 Å². The Morgan fingerprint density at radius 2 is 1.86 bits per heavy atom. The SMILES string of the molecule is CCOC(=O)C1=C(O)/C(=C\c2cc(C)n(-c3cccc(C)c3)c2C)SC1=Nc1ccc(OC)cc1. The van der Waals surface area contributed by atoms with Crippen molar-refractivity contribution in [2.24, 2.45) is 4.99 Å². The number of carbonyl (C=O) groups excluding carboxylic acids is 1. The number of benzene rings is 2. The largest absolute Gasteiger partial charge is 0.506 e. The van der Waals surface area contributed by atoms with E-state index in [1.165, 1.54) is 17.3 Å². The molecular formula is C28H28N2O4S. The topological polar surface area (TPSA) is 73.0 Å². The van der Waals surface area contributed by atoms with Crippen LogP contribution in [0.1, 0.15) is 29.4 Å². The molecule has 0 spiro atoms. The maximum atomic E-state index is 12.7. The molecule has 1 aromatic heterocycles. The van der Waals surface area contributed by atoms with Gasteiger partial charge in [-0.2, -0.15) is 0 Å². The van der Waals surface area contributed by atoms with Crippen molar-refractivity contribution >= 4 is 34.5 Å². The van der Waals surface area contributed by atoms with Crippen LogP contribution in [0.15, 0.2) is 75.8 Å². The number of nitrogens with zero attached hydrogens (tertiary/aromatic N) is 2. The number of aryl methyl sites for hydroxylation is 2. The van der Waals surface area contributed by atoms with E-state index >= 15 is 0 Å². The van der Waals surface area contributed by atoms with Gasteiger partial charge in [0.1, 0.15) is 22.1 Å². The number of ether oxygens (including phenoxy) is 2. The molecule has 7 heteroatoms. The summed E-state index contributed by atoms with van der Waals surface area (Å²) in [6.07, 6.45) is 1.89. The van der Waals surface area contributed by atoms with E-state index in [-0.39, 0.29) is 17.9 Å². The van der Waals surface area contributed by atoms with Crippen molar-refractivity contribution in [3.05, 3.63) is 93.3 Å². The summed E-state index contributed by atoms with van der Waals surface area (Å²) in [6, 6.07) is 17.6. The smallest absolute Gasteiger partial charge is 0.344 e. The average molecular weight is 489 g/mol. The number of aliphatic hydroxyl groups excluding tert-OH is 1. The van der Waals surface area contributed by atoms with Crippen LogP contribution in [0.4, 0.5) is 5.69 Å². The number of rotatable bonds is 6. The van der Waals surface area contributed by atoms with Gasteiger partial charge in [-0.15, -0.1) is 0 Å². The van der Waals surface area contributed by atoms with E-state index in [1.54, 1.807) is 38.3 Å². The monoisotopic (exact) mass is 488 g/mol. The lowest BCUT2D eigenvalue weighted by Crippen LogP contribution is -2.12. The summed E-state index contributed by atoms with van der Waals surface area (Å²) < 4.78 is 12.6. The lowest BCUT2D eigenvalue weighted by molar-refractivity contribution is -0.138. The van der Waals surface area contributed by atoms with Crippen molar-refractivity contribution in [2.75, 3.05) is 13.7 Å². The summed E-state index contributed by atoms with van der Waals surface area (Å²) in [4.78, 5) is 17.9. The van der Waals surface area contributed by atoms with Crippen molar-refractivity contribution in [3.8, 4) is 11.4 Å². The molecule has 1 aliphatic heterocycles. The van der Waals surface area contributed by atoms with E-state index in [0.717, 1.165) is 22.6 Å². The van der Waals surface area contributed by atoms with Crippen molar-refractivity contribution in [3.63, 3.8) is 0 Å². The first kappa shape index (κ1) is 24.4. The Hall–Kier alpha value is -3.71. The van der Waals surface area contributed by atoms with E-state index in [4.69, 9.17) is 9.47 Å². The number of hydrogen-bond acceptors (Lipinski definition) is 6. The molecular weight excluding hydrogens is 460 g/mol. The fourth-order valence-corrected chi connectivity index (χ4v) is 5.03. The molecule has 35 heavy (non-hydrogen) atoms. The Balaban J connectivity index is 1.76. The molecule has 2 aromatic carbocycles. The molecule has 180 valence electrons. The summed E-state index contributed by atoms with van der Waals surface area (Å²) in [6.45, 7) is 8.09. The van der Waals surface area contributed by atoms with E-state index in [2.05, 4.69) is 47.7 Å². The van der Waals surface area contributed by atoms with Gasteiger partial charge in [-0.1, -0.05) is 23.9 Å². The van der Waals surface area contributed by atoms with Gasteiger partial charge in [0.2, 0.25) is 0 Å². The zero-order chi connectivity index (χ0) is 25.1. The molecule has 0 unspecified atom stereocenters. The Morgan fingerprint density at radius 1 is 1.11 bits per heavy atom. The Kier molecular flexibility index (Phi) is 7.17. The zero-order valence-corrected chi connectivity index (χ0v) is 21.3. The van der Waals surface area contributed by atoms with Crippen molar-refractivity contribution in [2.45, 2.75) is 27.7 Å². The number of methoxy groups -OCH3 is 1. The van der Waals surface area contributed by atoms with Crippen molar-refractivity contribution < 1.29 is 19.4 Å². The molecule has 1 aliphatic rings. The second-order valence-corrected chi connectivity index (χ2v) is 9.20. The minimum Gasteiger partial charge on any atom is -0.506 e. The van der Waals surface area contributed by atoms with Gasteiger partial charge >= 0.3 is 5.97 Å². The van der Waals surface area contributed by atoms with Crippen LogP contribution >= 0.6 is 11.8 Å². The lowest BCUT2D eigenvalue weighted by atomic mass is 10.1. The van der Waals surface area contributed by atoms with Gasteiger partial charge in [-0.3, -0.25) is 0 Å². The van der Waals surface area contributed by atoms with Gasteiger partial charge in [0.25, 0.3) is 0 Å². The molecule has 0 aliphatic carbocycles. The minimum atomic E-state index is -0.599. The molecule has 2 heterocycles. The predicted molar refractivity (Wildman–Crippen MR) is 142 cm³/mol. The molecule has 6 nitrogen and oxygen atoms in total. The number of aromatic nitrogens is 1. The third-order valence-electron chi connectivity index (χ3n) is 5.69. The molecule has 0 saturated carbocycles. The maximum Gasteiger partial charge on any atom is 0.344 e. The first-order valence-electron chi connectivity index (χ1n) is 11.3. The van der Waals surface area contributed by atoms with Gasteiger partial charge in [0.15, 0.2) is 0 Å². The van der Waals surface area contributed by atoms with Crippen LogP contribution in [0.2, 0.25) is 0 Å². The van der Waals surface area contributed by atoms with Crippen molar-refractivity contribution in [1.82, 2.24) is 4.57 Å². The minimum absolute atomic E-state index is 0.0754. The van der Waals surface area contributed by atoms with E-state index < -0.39 is 5.97 Å². The number of aliphatic hydroxyl groups is 1. The number of thioether (sulfide) groups is 1. The second kappa shape index (κ2) is 10.3. The maximum absolute atomic E-state index is 12.7. The van der Waals surface area contributed by atoms with Crippen LogP contribution in [0.5, 0.6) is 5.75 Å². The highest BCUT2D eigenvalue weighted by Gasteiger charge is 2.33.